The van der Waals surface area contributed by atoms with Crippen molar-refractivity contribution in [2.45, 2.75) is 38.4 Å². The smallest absolute Gasteiger partial charge is 0.174 e. The molecule has 0 N–H and O–H groups in total. The highest BCUT2D eigenvalue weighted by Crippen LogP contribution is 2.32. The molecule has 2 aromatic heterocycles. The number of hydrogen-bond donors (Lipinski definition) is 0. The number of pyridine rings is 1. The van der Waals surface area contributed by atoms with E-state index in [1.807, 2.05) is 62.4 Å². The number of ether oxygens (including phenoxy) is 2. The van der Waals surface area contributed by atoms with Crippen LogP contribution in [0.15, 0.2) is 65.7 Å². The van der Waals surface area contributed by atoms with Crippen LogP contribution in [0.2, 0.25) is 0 Å². The standard InChI is InChI=1S/C27H26N2O3S/c1-17-12-27(28-23-9-5-4-8-21(17)23)33-16-24(30)22-13-18(2)29(19(22)3)14-20-15-31-25-10-6-7-11-26(25)32-20/h4-13,20H,14-16H2,1-3H3/t20-/m0/s1. The predicted molar refractivity (Wildman–Crippen MR) is 132 cm³/mol. The summed E-state index contributed by atoms with van der Waals surface area (Å²) in [4.78, 5) is 17.8. The van der Waals surface area contributed by atoms with Crippen molar-refractivity contribution < 1.29 is 14.3 Å². The predicted octanol–water partition coefficient (Wildman–Crippen LogP) is 5.78. The van der Waals surface area contributed by atoms with Crippen molar-refractivity contribution in [1.29, 1.82) is 0 Å². The summed E-state index contributed by atoms with van der Waals surface area (Å²) >= 11 is 1.49. The van der Waals surface area contributed by atoms with Gasteiger partial charge in [-0.3, -0.25) is 4.79 Å². The molecule has 5 nitrogen and oxygen atoms in total. The van der Waals surface area contributed by atoms with E-state index in [-0.39, 0.29) is 11.9 Å². The van der Waals surface area contributed by atoms with Crippen LogP contribution in [0.1, 0.15) is 27.3 Å². The van der Waals surface area contributed by atoms with Gasteiger partial charge in [-0.15, -0.1) is 0 Å². The van der Waals surface area contributed by atoms with E-state index in [9.17, 15) is 4.79 Å². The third kappa shape index (κ3) is 4.35. The van der Waals surface area contributed by atoms with Crippen LogP contribution in [0, 0.1) is 20.8 Å². The Bertz CT molecular complexity index is 1340. The third-order valence-corrected chi connectivity index (χ3v) is 6.99. The molecule has 5 rings (SSSR count). The monoisotopic (exact) mass is 458 g/mol. The quantitative estimate of drug-likeness (QED) is 0.271. The first kappa shape index (κ1) is 21.6. The van der Waals surface area contributed by atoms with Gasteiger partial charge in [-0.25, -0.2) is 4.98 Å². The number of nitrogens with zero attached hydrogens (tertiary/aromatic N) is 2. The number of aromatic nitrogens is 2. The van der Waals surface area contributed by atoms with E-state index in [1.54, 1.807) is 0 Å². The minimum atomic E-state index is -0.105. The lowest BCUT2D eigenvalue weighted by Gasteiger charge is -2.27. The van der Waals surface area contributed by atoms with Crippen molar-refractivity contribution in [3.63, 3.8) is 0 Å². The van der Waals surface area contributed by atoms with Gasteiger partial charge < -0.3 is 14.0 Å². The molecule has 0 radical (unpaired) electrons. The lowest BCUT2D eigenvalue weighted by molar-refractivity contribution is 0.0777. The normalized spacial score (nSPS) is 15.1. The Morgan fingerprint density at radius 3 is 2.67 bits per heavy atom. The fraction of sp³-hybridized carbons (Fsp3) is 0.259. The zero-order valence-corrected chi connectivity index (χ0v) is 19.8. The first-order valence-electron chi connectivity index (χ1n) is 11.1. The summed E-state index contributed by atoms with van der Waals surface area (Å²) in [5, 5.41) is 2.02. The number of aryl methyl sites for hydroxylation is 2. The number of benzene rings is 2. The van der Waals surface area contributed by atoms with Gasteiger partial charge in [0.2, 0.25) is 0 Å². The van der Waals surface area contributed by atoms with E-state index in [4.69, 9.17) is 14.5 Å². The van der Waals surface area contributed by atoms with Crippen LogP contribution >= 0.6 is 11.8 Å². The zero-order valence-electron chi connectivity index (χ0n) is 19.0. The second kappa shape index (κ2) is 8.94. The van der Waals surface area contributed by atoms with Crippen molar-refractivity contribution in [2.24, 2.45) is 0 Å². The SMILES string of the molecule is Cc1cc(SCC(=O)c2cc(C)n(C[C@H]3COc4ccccc4O3)c2C)nc2ccccc12. The molecule has 6 heteroatoms. The molecule has 0 amide bonds. The molecular weight excluding hydrogens is 432 g/mol. The molecule has 3 heterocycles. The van der Waals surface area contributed by atoms with E-state index in [2.05, 4.69) is 23.6 Å². The summed E-state index contributed by atoms with van der Waals surface area (Å²) in [5.74, 6) is 2.01. The fourth-order valence-electron chi connectivity index (χ4n) is 4.33. The van der Waals surface area contributed by atoms with E-state index >= 15 is 0 Å². The Kier molecular flexibility index (Phi) is 5.85. The van der Waals surface area contributed by atoms with Gasteiger partial charge in [-0.2, -0.15) is 0 Å². The maximum absolute atomic E-state index is 13.1. The maximum Gasteiger partial charge on any atom is 0.174 e. The molecule has 0 bridgehead atoms. The summed E-state index contributed by atoms with van der Waals surface area (Å²) < 4.78 is 14.1. The lowest BCUT2D eigenvalue weighted by atomic mass is 10.1. The van der Waals surface area contributed by atoms with Gasteiger partial charge >= 0.3 is 0 Å². The minimum Gasteiger partial charge on any atom is -0.486 e. The zero-order chi connectivity index (χ0) is 22.9. The van der Waals surface area contributed by atoms with Crippen LogP contribution in [-0.4, -0.2) is 33.8 Å². The number of Topliss-reactive ketones (excluding diaryl/α,β-unsaturated/α-hetero) is 1. The van der Waals surface area contributed by atoms with Crippen LogP contribution in [0.4, 0.5) is 0 Å². The number of ketones is 1. The molecule has 0 aliphatic carbocycles. The van der Waals surface area contributed by atoms with Gasteiger partial charge in [0.05, 0.1) is 22.8 Å². The van der Waals surface area contributed by atoms with Crippen LogP contribution in [0.25, 0.3) is 10.9 Å². The second-order valence-electron chi connectivity index (χ2n) is 8.40. The fourth-order valence-corrected chi connectivity index (χ4v) is 5.19. The molecule has 168 valence electrons. The number of rotatable bonds is 6. The van der Waals surface area contributed by atoms with Crippen LogP contribution in [0.3, 0.4) is 0 Å². The van der Waals surface area contributed by atoms with Gasteiger partial charge in [0.1, 0.15) is 6.61 Å². The third-order valence-electron chi connectivity index (χ3n) is 6.08. The largest absolute Gasteiger partial charge is 0.486 e. The number of thioether (sulfide) groups is 1. The maximum atomic E-state index is 13.1. The van der Waals surface area contributed by atoms with E-state index < -0.39 is 0 Å². The van der Waals surface area contributed by atoms with Gasteiger partial charge in [0.25, 0.3) is 0 Å². The molecule has 0 fully saturated rings. The number of carbonyl (C=O) groups is 1. The minimum absolute atomic E-state index is 0.105. The molecule has 0 unspecified atom stereocenters. The van der Waals surface area contributed by atoms with E-state index in [1.165, 1.54) is 17.3 Å². The summed E-state index contributed by atoms with van der Waals surface area (Å²) in [6, 6.07) is 19.9. The molecule has 0 saturated heterocycles. The van der Waals surface area contributed by atoms with Gasteiger partial charge in [-0.1, -0.05) is 42.1 Å². The van der Waals surface area contributed by atoms with E-state index in [0.29, 0.717) is 18.9 Å². The van der Waals surface area contributed by atoms with Crippen molar-refractivity contribution in [3.8, 4) is 11.5 Å². The first-order valence-corrected chi connectivity index (χ1v) is 12.1. The van der Waals surface area contributed by atoms with Gasteiger partial charge in [0, 0.05) is 22.3 Å². The Balaban J connectivity index is 1.28. The van der Waals surface area contributed by atoms with Crippen molar-refractivity contribution >= 4 is 28.4 Å². The van der Waals surface area contributed by atoms with Crippen LogP contribution < -0.4 is 9.47 Å². The highest BCUT2D eigenvalue weighted by atomic mass is 32.2. The molecule has 1 aliphatic rings. The average molecular weight is 459 g/mol. The number of carbonyl (C=O) groups excluding carboxylic acids is 1. The molecule has 0 saturated carbocycles. The number of para-hydroxylation sites is 3. The Labute approximate surface area is 197 Å². The van der Waals surface area contributed by atoms with Crippen molar-refractivity contribution in [3.05, 3.63) is 83.2 Å². The topological polar surface area (TPSA) is 53.4 Å². The first-order chi connectivity index (χ1) is 16.0. The van der Waals surface area contributed by atoms with Gasteiger partial charge in [-0.05, 0) is 56.7 Å². The lowest BCUT2D eigenvalue weighted by Crippen LogP contribution is -2.33. The van der Waals surface area contributed by atoms with Crippen molar-refractivity contribution in [2.75, 3.05) is 12.4 Å². The molecule has 1 atom stereocenters. The molecule has 2 aromatic carbocycles. The summed E-state index contributed by atoms with van der Waals surface area (Å²) in [6.07, 6.45) is -0.105. The summed E-state index contributed by atoms with van der Waals surface area (Å²) in [6.45, 7) is 7.24. The molecule has 33 heavy (non-hydrogen) atoms. The summed E-state index contributed by atoms with van der Waals surface area (Å²) in [5.41, 5.74) is 4.90. The Hall–Kier alpha value is -3.25. The van der Waals surface area contributed by atoms with E-state index in [0.717, 1.165) is 44.4 Å². The highest BCUT2D eigenvalue weighted by molar-refractivity contribution is 7.99. The summed E-state index contributed by atoms with van der Waals surface area (Å²) in [7, 11) is 0. The molecular formula is C27H26N2O3S. The highest BCUT2D eigenvalue weighted by Gasteiger charge is 2.24. The number of fused-ring (bicyclic) bond motifs is 2. The molecule has 4 aromatic rings. The van der Waals surface area contributed by atoms with Gasteiger partial charge in [0.15, 0.2) is 23.4 Å². The molecule has 0 spiro atoms. The Morgan fingerprint density at radius 2 is 1.82 bits per heavy atom. The van der Waals surface area contributed by atoms with Crippen molar-refractivity contribution in [1.82, 2.24) is 9.55 Å². The number of hydrogen-bond acceptors (Lipinski definition) is 5. The van der Waals surface area contributed by atoms with Crippen LogP contribution in [-0.2, 0) is 6.54 Å². The second-order valence-corrected chi connectivity index (χ2v) is 9.40. The average Bonchev–Trinajstić information content (AvgIpc) is 3.11. The molecule has 1 aliphatic heterocycles. The Morgan fingerprint density at radius 1 is 1.06 bits per heavy atom. The van der Waals surface area contributed by atoms with Crippen LogP contribution in [0.5, 0.6) is 11.5 Å².